The maximum absolute atomic E-state index is 8.55. The van der Waals surface area contributed by atoms with Gasteiger partial charge in [0.25, 0.3) is 0 Å². The number of hydrogen-bond donors (Lipinski definition) is 1. The van der Waals surface area contributed by atoms with Gasteiger partial charge in [-0.15, -0.1) is 5.10 Å². The van der Waals surface area contributed by atoms with Crippen LogP contribution in [0.5, 0.6) is 11.6 Å². The molecule has 4 aromatic rings. The zero-order valence-electron chi connectivity index (χ0n) is 20.4. The highest BCUT2D eigenvalue weighted by Gasteiger charge is 2.11. The van der Waals surface area contributed by atoms with E-state index in [2.05, 4.69) is 25.5 Å². The molecule has 0 saturated carbocycles. The van der Waals surface area contributed by atoms with Gasteiger partial charge >= 0.3 is 6.01 Å². The minimum absolute atomic E-state index is 0.0360. The van der Waals surface area contributed by atoms with Gasteiger partial charge in [0.2, 0.25) is 11.8 Å². The zero-order chi connectivity index (χ0) is 23.9. The summed E-state index contributed by atoms with van der Waals surface area (Å²) in [6.07, 6.45) is 0. The van der Waals surface area contributed by atoms with Gasteiger partial charge in [-0.25, -0.2) is 4.98 Å². The van der Waals surface area contributed by atoms with Crippen LogP contribution in [0.1, 0.15) is 23.9 Å². The monoisotopic (exact) mass is 378 g/mol. The molecule has 140 valence electrons. The molecule has 0 amide bonds. The third-order valence-electron chi connectivity index (χ3n) is 3.59. The van der Waals surface area contributed by atoms with Gasteiger partial charge in [-0.05, 0) is 56.6 Å². The van der Waals surface area contributed by atoms with E-state index in [9.17, 15) is 0 Å². The Morgan fingerprint density at radius 1 is 1.07 bits per heavy atom. The lowest BCUT2D eigenvalue weighted by atomic mass is 10.2. The number of nitrogens with zero attached hydrogens (tertiary/aromatic N) is 4. The second-order valence-corrected chi connectivity index (χ2v) is 6.00. The molecule has 7 nitrogen and oxygen atoms in total. The average molecular weight is 378 g/mol. The second kappa shape index (κ2) is 7.48. The molecular weight excluding hydrogens is 354 g/mol. The van der Waals surface area contributed by atoms with Crippen LogP contribution in [0.25, 0.3) is 11.5 Å². The lowest BCUT2D eigenvalue weighted by molar-refractivity contribution is 0.459. The molecule has 1 N–H and O–H groups in total. The summed E-state index contributed by atoms with van der Waals surface area (Å²) in [5, 5.41) is 10.8. The summed E-state index contributed by atoms with van der Waals surface area (Å²) < 4.78 is 52.5. The first-order valence-electron chi connectivity index (χ1n) is 10.9. The number of nitrogens with one attached hydrogen (secondary N) is 1. The van der Waals surface area contributed by atoms with Gasteiger partial charge < -0.3 is 14.5 Å². The lowest BCUT2D eigenvalue weighted by Gasteiger charge is -2.07. The van der Waals surface area contributed by atoms with Gasteiger partial charge in [0, 0.05) is 23.0 Å². The fourth-order valence-corrected chi connectivity index (χ4v) is 2.48. The summed E-state index contributed by atoms with van der Waals surface area (Å²) in [6, 6.07) is 5.61. The average Bonchev–Trinajstić information content (AvgIpc) is 3.21. The highest BCUT2D eigenvalue weighted by atomic mass is 16.5. The van der Waals surface area contributed by atoms with Crippen molar-refractivity contribution in [3.05, 3.63) is 71.6 Å². The van der Waals surface area contributed by atoms with Gasteiger partial charge in [-0.2, -0.15) is 4.98 Å². The molecule has 0 fully saturated rings. The van der Waals surface area contributed by atoms with Crippen molar-refractivity contribution < 1.29 is 16.0 Å². The topological polar surface area (TPSA) is 86.0 Å². The Balaban J connectivity index is 1.76. The van der Waals surface area contributed by atoms with Crippen LogP contribution in [0.3, 0.4) is 0 Å². The molecule has 0 aliphatic rings. The van der Waals surface area contributed by atoms with E-state index >= 15 is 0 Å². The number of aromatic nitrogens is 4. The van der Waals surface area contributed by atoms with E-state index in [1.807, 2.05) is 31.2 Å². The normalized spacial score (nSPS) is 13.2. The third kappa shape index (κ3) is 4.15. The molecule has 0 atom stereocenters. The van der Waals surface area contributed by atoms with E-state index in [0.717, 1.165) is 5.56 Å². The van der Waals surface area contributed by atoms with Crippen LogP contribution in [0.2, 0.25) is 0 Å². The van der Waals surface area contributed by atoms with Crippen molar-refractivity contribution in [2.45, 2.75) is 20.8 Å². The van der Waals surface area contributed by atoms with E-state index in [-0.39, 0.29) is 35.1 Å². The first kappa shape index (κ1) is 12.6. The predicted molar refractivity (Wildman–Crippen MR) is 106 cm³/mol. The first-order valence-corrected chi connectivity index (χ1v) is 8.43. The van der Waals surface area contributed by atoms with Crippen molar-refractivity contribution in [1.82, 2.24) is 20.2 Å². The number of ether oxygens (including phenoxy) is 1. The Morgan fingerprint density at radius 2 is 1.96 bits per heavy atom. The number of anilines is 2. The minimum Gasteiger partial charge on any atom is -0.439 e. The Morgan fingerprint density at radius 3 is 2.82 bits per heavy atom. The number of hydrogen-bond acceptors (Lipinski definition) is 7. The summed E-state index contributed by atoms with van der Waals surface area (Å²) in [7, 11) is 0. The Kier molecular flexibility index (Phi) is 3.37. The van der Waals surface area contributed by atoms with Crippen molar-refractivity contribution in [3.8, 4) is 23.1 Å². The van der Waals surface area contributed by atoms with Gasteiger partial charge in [0.15, 0.2) is 0 Å². The molecule has 0 bridgehead atoms. The Hall–Kier alpha value is -3.74. The van der Waals surface area contributed by atoms with Gasteiger partial charge in [0.1, 0.15) is 11.6 Å². The second-order valence-electron chi connectivity index (χ2n) is 6.00. The van der Waals surface area contributed by atoms with Crippen molar-refractivity contribution in [3.63, 3.8) is 0 Å². The lowest BCUT2D eigenvalue weighted by Crippen LogP contribution is -1.95. The molecule has 0 aliphatic heterocycles. The standard InChI is InChI=1S/C21H19N5O2/c1-13-6-4-8-17(10-13)24-21-26-25-20(28-21)16-7-5-9-18(12-16)27-19-11-14(2)22-15(3)23-19/h4-12H,1-3H3,(H,24,26)/i5D,7D,9D,11D,12D. The van der Waals surface area contributed by atoms with Crippen molar-refractivity contribution >= 4 is 11.7 Å². The van der Waals surface area contributed by atoms with Crippen LogP contribution >= 0.6 is 0 Å². The van der Waals surface area contributed by atoms with Crippen LogP contribution in [0.15, 0.2) is 58.9 Å². The fraction of sp³-hybridized carbons (Fsp3) is 0.143. The van der Waals surface area contributed by atoms with Crippen LogP contribution in [-0.2, 0) is 0 Å². The number of rotatable bonds is 5. The van der Waals surface area contributed by atoms with E-state index in [4.69, 9.17) is 16.0 Å². The molecule has 0 aliphatic carbocycles. The number of aryl methyl sites for hydroxylation is 3. The highest BCUT2D eigenvalue weighted by Crippen LogP contribution is 2.27. The van der Waals surface area contributed by atoms with Crippen LogP contribution < -0.4 is 10.1 Å². The minimum atomic E-state index is -0.489. The van der Waals surface area contributed by atoms with Gasteiger partial charge in [0.05, 0.1) is 6.85 Å². The van der Waals surface area contributed by atoms with Crippen molar-refractivity contribution in [2.24, 2.45) is 0 Å². The maximum Gasteiger partial charge on any atom is 0.320 e. The molecule has 7 heteroatoms. The molecule has 0 unspecified atom stereocenters. The third-order valence-corrected chi connectivity index (χ3v) is 3.59. The van der Waals surface area contributed by atoms with Crippen molar-refractivity contribution in [1.29, 1.82) is 0 Å². The molecule has 0 radical (unpaired) electrons. The molecule has 28 heavy (non-hydrogen) atoms. The Bertz CT molecular complexity index is 1380. The molecule has 2 heterocycles. The zero-order valence-corrected chi connectivity index (χ0v) is 15.4. The van der Waals surface area contributed by atoms with E-state index in [1.54, 1.807) is 13.8 Å². The molecule has 2 aromatic heterocycles. The predicted octanol–water partition coefficient (Wildman–Crippen LogP) is 4.99. The van der Waals surface area contributed by atoms with E-state index in [1.165, 1.54) is 0 Å². The molecule has 2 aromatic carbocycles. The molecule has 4 rings (SSSR count). The summed E-state index contributed by atoms with van der Waals surface area (Å²) in [6.45, 7) is 5.17. The highest BCUT2D eigenvalue weighted by molar-refractivity contribution is 5.58. The maximum atomic E-state index is 8.55. The van der Waals surface area contributed by atoms with Crippen LogP contribution in [-0.4, -0.2) is 20.2 Å². The van der Waals surface area contributed by atoms with E-state index < -0.39 is 24.2 Å². The SMILES string of the molecule is [2H]c1c(C)nc(C)nc1Oc1c([2H])c([2H])c([2H])c(-c2nnc(Nc3cccc(C)c3)o2)c1[2H]. The summed E-state index contributed by atoms with van der Waals surface area (Å²) in [4.78, 5) is 8.15. The van der Waals surface area contributed by atoms with Crippen molar-refractivity contribution in [2.75, 3.05) is 5.32 Å². The number of benzene rings is 2. The first-order chi connectivity index (χ1) is 15.7. The van der Waals surface area contributed by atoms with Crippen LogP contribution in [0, 0.1) is 20.8 Å². The smallest absolute Gasteiger partial charge is 0.320 e. The summed E-state index contributed by atoms with van der Waals surface area (Å²) >= 11 is 0. The van der Waals surface area contributed by atoms with Gasteiger partial charge in [-0.3, -0.25) is 0 Å². The quantitative estimate of drug-likeness (QED) is 0.523. The van der Waals surface area contributed by atoms with Gasteiger partial charge in [-0.1, -0.05) is 23.3 Å². The largest absolute Gasteiger partial charge is 0.439 e. The van der Waals surface area contributed by atoms with E-state index in [0.29, 0.717) is 17.2 Å². The summed E-state index contributed by atoms with van der Waals surface area (Å²) in [5.74, 6) is -0.329. The molecule has 0 spiro atoms. The summed E-state index contributed by atoms with van der Waals surface area (Å²) in [5.41, 5.74) is 1.94. The Labute approximate surface area is 169 Å². The molecule has 0 saturated heterocycles. The fourth-order valence-electron chi connectivity index (χ4n) is 2.48. The molecular formula is C21H19N5O2. The van der Waals surface area contributed by atoms with Crippen LogP contribution in [0.4, 0.5) is 11.7 Å².